The van der Waals surface area contributed by atoms with Gasteiger partial charge in [-0.3, -0.25) is 18.9 Å². The van der Waals surface area contributed by atoms with Gasteiger partial charge in [-0.05, 0) is 47.0 Å². The van der Waals surface area contributed by atoms with Gasteiger partial charge in [0.15, 0.2) is 0 Å². The van der Waals surface area contributed by atoms with E-state index in [0.29, 0.717) is 0 Å². The lowest BCUT2D eigenvalue weighted by atomic mass is 9.68. The summed E-state index contributed by atoms with van der Waals surface area (Å²) in [7, 11) is -4.41. The fraction of sp³-hybridized carbons (Fsp3) is 0.870. The summed E-state index contributed by atoms with van der Waals surface area (Å²) in [5.41, 5.74) is -4.07. The second kappa shape index (κ2) is 14.4. The number of ether oxygens (including phenoxy) is 2. The number of carbonyl (C=O) groups is 3. The summed E-state index contributed by atoms with van der Waals surface area (Å²) >= 11 is 0. The summed E-state index contributed by atoms with van der Waals surface area (Å²) in [5, 5.41) is 13.6. The molecular weight excluding hydrogens is 537 g/mol. The topological polar surface area (TPSA) is 168 Å². The fourth-order valence-electron chi connectivity index (χ4n) is 4.08. The molecule has 11 nitrogen and oxygen atoms in total. The van der Waals surface area contributed by atoms with Crippen LogP contribution < -0.4 is 10.6 Å². The molecule has 0 aliphatic carbocycles. The summed E-state index contributed by atoms with van der Waals surface area (Å²) in [6.45, 7) is 6.30. The van der Waals surface area contributed by atoms with Gasteiger partial charge in [0, 0.05) is 12.5 Å². The largest absolute Gasteiger partial charge is 0.464 e. The van der Waals surface area contributed by atoms with Gasteiger partial charge in [-0.25, -0.2) is 0 Å². The number of aliphatic hydroxyl groups excluding tert-OH is 1. The van der Waals surface area contributed by atoms with Crippen LogP contribution in [0.25, 0.3) is 0 Å². The van der Waals surface area contributed by atoms with Crippen molar-refractivity contribution in [2.75, 3.05) is 38.7 Å². The van der Waals surface area contributed by atoms with E-state index in [1.165, 1.54) is 27.7 Å². The number of hydrogen-bond donors (Lipinski definition) is 4. The third kappa shape index (κ3) is 13.7. The van der Waals surface area contributed by atoms with E-state index >= 15 is 0 Å². The zero-order valence-corrected chi connectivity index (χ0v) is 23.6. The molecule has 0 saturated heterocycles. The highest BCUT2D eigenvalue weighted by molar-refractivity contribution is 7.85. The van der Waals surface area contributed by atoms with Gasteiger partial charge >= 0.3 is 18.1 Å². The molecular formula is C23H41F3N2O9S. The molecule has 0 spiro atoms. The molecule has 0 aromatic heterocycles. The van der Waals surface area contributed by atoms with Crippen LogP contribution in [-0.2, 0) is 34.0 Å². The Balaban J connectivity index is 5.80. The summed E-state index contributed by atoms with van der Waals surface area (Å²) in [6.07, 6.45) is -4.54. The van der Waals surface area contributed by atoms with E-state index in [1.807, 2.05) is 0 Å². The minimum atomic E-state index is -4.44. The lowest BCUT2D eigenvalue weighted by molar-refractivity contribution is -0.165. The molecule has 0 aromatic rings. The molecule has 224 valence electrons. The number of halogens is 3. The normalized spacial score (nSPS) is 16.6. The highest BCUT2D eigenvalue weighted by atomic mass is 32.2. The minimum Gasteiger partial charge on any atom is -0.464 e. The van der Waals surface area contributed by atoms with Gasteiger partial charge in [0.25, 0.3) is 10.1 Å². The molecule has 4 N–H and O–H groups in total. The lowest BCUT2D eigenvalue weighted by Crippen LogP contribution is -2.51. The van der Waals surface area contributed by atoms with E-state index in [9.17, 15) is 36.0 Å². The van der Waals surface area contributed by atoms with Crippen LogP contribution in [0.4, 0.5) is 13.2 Å². The predicted molar refractivity (Wildman–Crippen MR) is 131 cm³/mol. The van der Waals surface area contributed by atoms with Crippen LogP contribution in [0.2, 0.25) is 0 Å². The maximum Gasteiger partial charge on any atom is 0.401 e. The van der Waals surface area contributed by atoms with E-state index in [0.717, 1.165) is 0 Å². The molecule has 0 bridgehead atoms. The van der Waals surface area contributed by atoms with Gasteiger partial charge in [0.1, 0.15) is 13.2 Å². The lowest BCUT2D eigenvalue weighted by Gasteiger charge is -2.37. The number of aliphatic hydroxyl groups is 1. The monoisotopic (exact) mass is 578 g/mol. The molecule has 0 saturated carbocycles. The number of nitrogens with one attached hydrogen (secondary N) is 2. The Hall–Kier alpha value is -1.97. The van der Waals surface area contributed by atoms with Crippen LogP contribution in [0, 0.1) is 16.7 Å². The Bertz CT molecular complexity index is 912. The van der Waals surface area contributed by atoms with Crippen molar-refractivity contribution in [3.63, 3.8) is 0 Å². The van der Waals surface area contributed by atoms with Crippen molar-refractivity contribution in [2.24, 2.45) is 16.7 Å². The molecule has 0 radical (unpaired) electrons. The third-order valence-electron chi connectivity index (χ3n) is 5.92. The first-order valence-corrected chi connectivity index (χ1v) is 13.7. The molecule has 15 heteroatoms. The fourth-order valence-corrected chi connectivity index (χ4v) is 5.06. The number of esters is 2. The van der Waals surface area contributed by atoms with E-state index in [1.54, 1.807) is 13.8 Å². The first kappa shape index (κ1) is 36.0. The average molecular weight is 579 g/mol. The second-order valence-corrected chi connectivity index (χ2v) is 12.1. The maximum absolute atomic E-state index is 13.2. The van der Waals surface area contributed by atoms with E-state index in [4.69, 9.17) is 19.1 Å². The summed E-state index contributed by atoms with van der Waals surface area (Å²) in [6, 6.07) is 0. The molecule has 0 aromatic carbocycles. The molecule has 0 fully saturated rings. The Morgan fingerprint density at radius 1 is 0.974 bits per heavy atom. The molecule has 3 unspecified atom stereocenters. The van der Waals surface area contributed by atoms with Gasteiger partial charge < -0.3 is 25.2 Å². The average Bonchev–Trinajstić information content (AvgIpc) is 2.73. The molecule has 0 rings (SSSR count). The minimum absolute atomic E-state index is 0.151. The first-order valence-electron chi connectivity index (χ1n) is 12.1. The third-order valence-corrected chi connectivity index (χ3v) is 7.00. The van der Waals surface area contributed by atoms with Crippen LogP contribution in [-0.4, -0.2) is 86.3 Å². The van der Waals surface area contributed by atoms with Crippen LogP contribution in [0.5, 0.6) is 0 Å². The van der Waals surface area contributed by atoms with Crippen molar-refractivity contribution in [3.8, 4) is 0 Å². The quantitative estimate of drug-likeness (QED) is 0.114. The number of carbonyl (C=O) groups excluding carboxylic acids is 3. The molecule has 3 atom stereocenters. The number of rotatable bonds is 17. The van der Waals surface area contributed by atoms with E-state index in [-0.39, 0.29) is 32.4 Å². The Kier molecular flexibility index (Phi) is 13.7. The summed E-state index contributed by atoms with van der Waals surface area (Å²) < 4.78 is 78.9. The van der Waals surface area contributed by atoms with Gasteiger partial charge in [-0.15, -0.1) is 0 Å². The van der Waals surface area contributed by atoms with Crippen LogP contribution in [0.15, 0.2) is 0 Å². The van der Waals surface area contributed by atoms with Gasteiger partial charge in [0.05, 0.1) is 35.3 Å². The first-order chi connectivity index (χ1) is 17.1. The number of amides is 1. The maximum atomic E-state index is 13.2. The highest BCUT2D eigenvalue weighted by Gasteiger charge is 2.47. The standard InChI is InChI=1S/C23H41F3N2O9S/c1-7-21(5,18(31)37-11-9-29)13-22(6,19(32)36-10-8-27-14-23(24,25)26)12-16(2)17(30)28-20(3,4)15-38(33,34)35/h16,27,29H,7-15H2,1-6H3,(H,28,30)(H,33,34,35). The van der Waals surface area contributed by atoms with Crippen molar-refractivity contribution in [1.82, 2.24) is 10.6 Å². The molecule has 1 amide bonds. The van der Waals surface area contributed by atoms with E-state index in [2.05, 4.69) is 10.6 Å². The molecule has 0 aliphatic heterocycles. The smallest absolute Gasteiger partial charge is 0.401 e. The Morgan fingerprint density at radius 2 is 1.50 bits per heavy atom. The van der Waals surface area contributed by atoms with Crippen LogP contribution in [0.1, 0.15) is 60.8 Å². The van der Waals surface area contributed by atoms with Gasteiger partial charge in [-0.2, -0.15) is 21.6 Å². The highest BCUT2D eigenvalue weighted by Crippen LogP contribution is 2.42. The molecule has 38 heavy (non-hydrogen) atoms. The predicted octanol–water partition coefficient (Wildman–Crippen LogP) is 1.84. The molecule has 0 aliphatic rings. The van der Waals surface area contributed by atoms with Crippen molar-refractivity contribution in [3.05, 3.63) is 0 Å². The second-order valence-electron chi connectivity index (χ2n) is 10.6. The van der Waals surface area contributed by atoms with Crippen molar-refractivity contribution in [1.29, 1.82) is 0 Å². The zero-order chi connectivity index (χ0) is 30.0. The van der Waals surface area contributed by atoms with Crippen molar-refractivity contribution in [2.45, 2.75) is 72.5 Å². The van der Waals surface area contributed by atoms with Gasteiger partial charge in [-0.1, -0.05) is 13.8 Å². The van der Waals surface area contributed by atoms with Crippen LogP contribution >= 0.6 is 0 Å². The van der Waals surface area contributed by atoms with Gasteiger partial charge in [0.2, 0.25) is 5.91 Å². The van der Waals surface area contributed by atoms with Crippen molar-refractivity contribution < 1.29 is 55.1 Å². The van der Waals surface area contributed by atoms with Crippen molar-refractivity contribution >= 4 is 28.0 Å². The Labute approximate surface area is 221 Å². The number of hydrogen-bond acceptors (Lipinski definition) is 9. The van der Waals surface area contributed by atoms with E-state index < -0.39 is 81.9 Å². The molecule has 0 heterocycles. The number of alkyl halides is 3. The summed E-state index contributed by atoms with van der Waals surface area (Å²) in [4.78, 5) is 38.8. The summed E-state index contributed by atoms with van der Waals surface area (Å²) in [5.74, 6) is -3.84. The zero-order valence-electron chi connectivity index (χ0n) is 22.7. The van der Waals surface area contributed by atoms with Crippen LogP contribution in [0.3, 0.4) is 0 Å². The Morgan fingerprint density at radius 3 is 1.97 bits per heavy atom. The SMILES string of the molecule is CCC(C)(CC(C)(CC(C)C(=O)NC(C)(C)CS(=O)(=O)O)C(=O)OCCNCC(F)(F)F)C(=O)OCCO.